The van der Waals surface area contributed by atoms with Crippen molar-refractivity contribution in [2.45, 2.75) is 26.3 Å². The molecule has 0 fully saturated rings. The molecule has 0 radical (unpaired) electrons. The second-order valence-corrected chi connectivity index (χ2v) is 5.57. The van der Waals surface area contributed by atoms with Gasteiger partial charge in [-0.1, -0.05) is 23.2 Å². The number of anilines is 2. The molecule has 1 aromatic carbocycles. The third-order valence-electron chi connectivity index (χ3n) is 2.92. The van der Waals surface area contributed by atoms with Gasteiger partial charge in [-0.05, 0) is 33.0 Å². The van der Waals surface area contributed by atoms with Crippen LogP contribution in [-0.2, 0) is 4.79 Å². The second kappa shape index (κ2) is 6.98. The molecule has 1 rings (SSSR count). The largest absolute Gasteiger partial charge is 0.397 e. The summed E-state index contributed by atoms with van der Waals surface area (Å²) in [6.07, 6.45) is 0.382. The number of hydrogen-bond acceptors (Lipinski definition) is 3. The van der Waals surface area contributed by atoms with Gasteiger partial charge in [-0.25, -0.2) is 0 Å². The SMILES string of the molecule is CC(C)N(C)CCC(=O)Nc1c(N)cc(Cl)cc1Cl. The van der Waals surface area contributed by atoms with Gasteiger partial charge in [0.15, 0.2) is 0 Å². The van der Waals surface area contributed by atoms with Gasteiger partial charge in [-0.15, -0.1) is 0 Å². The van der Waals surface area contributed by atoms with Gasteiger partial charge < -0.3 is 16.0 Å². The smallest absolute Gasteiger partial charge is 0.225 e. The molecule has 4 nitrogen and oxygen atoms in total. The number of rotatable bonds is 5. The molecule has 19 heavy (non-hydrogen) atoms. The Bertz CT molecular complexity index is 440. The Morgan fingerprint density at radius 1 is 1.42 bits per heavy atom. The molecule has 0 aliphatic heterocycles. The van der Waals surface area contributed by atoms with E-state index in [-0.39, 0.29) is 5.91 Å². The minimum absolute atomic E-state index is 0.122. The number of carbonyl (C=O) groups is 1. The Balaban J connectivity index is 2.63. The van der Waals surface area contributed by atoms with Crippen LogP contribution in [-0.4, -0.2) is 30.4 Å². The third kappa shape index (κ3) is 4.90. The summed E-state index contributed by atoms with van der Waals surface area (Å²) in [7, 11) is 1.97. The zero-order valence-corrected chi connectivity index (χ0v) is 12.8. The molecule has 0 aliphatic rings. The molecule has 0 saturated heterocycles. The van der Waals surface area contributed by atoms with Crippen molar-refractivity contribution in [2.24, 2.45) is 0 Å². The Morgan fingerprint density at radius 2 is 2.05 bits per heavy atom. The molecule has 0 aromatic heterocycles. The van der Waals surface area contributed by atoms with Gasteiger partial charge in [-0.2, -0.15) is 0 Å². The lowest BCUT2D eigenvalue weighted by atomic mass is 10.2. The highest BCUT2D eigenvalue weighted by Crippen LogP contribution is 2.32. The van der Waals surface area contributed by atoms with Crippen LogP contribution in [0.2, 0.25) is 10.0 Å². The molecule has 0 saturated carbocycles. The highest BCUT2D eigenvalue weighted by Gasteiger charge is 2.12. The van der Waals surface area contributed by atoms with Crippen molar-refractivity contribution in [3.05, 3.63) is 22.2 Å². The van der Waals surface area contributed by atoms with Crippen molar-refractivity contribution in [3.8, 4) is 0 Å². The monoisotopic (exact) mass is 303 g/mol. The first-order valence-corrected chi connectivity index (χ1v) is 6.81. The molecule has 0 spiro atoms. The zero-order chi connectivity index (χ0) is 14.6. The summed E-state index contributed by atoms with van der Waals surface area (Å²) < 4.78 is 0. The molecule has 0 unspecified atom stereocenters. The van der Waals surface area contributed by atoms with E-state index in [2.05, 4.69) is 24.1 Å². The summed E-state index contributed by atoms with van der Waals surface area (Å²) in [6, 6.07) is 3.51. The van der Waals surface area contributed by atoms with Crippen molar-refractivity contribution in [1.82, 2.24) is 4.90 Å². The molecule has 0 aliphatic carbocycles. The van der Waals surface area contributed by atoms with E-state index in [1.165, 1.54) is 0 Å². The van der Waals surface area contributed by atoms with Crippen LogP contribution in [0.3, 0.4) is 0 Å². The predicted molar refractivity (Wildman–Crippen MR) is 81.9 cm³/mol. The maximum Gasteiger partial charge on any atom is 0.225 e. The summed E-state index contributed by atoms with van der Waals surface area (Å²) in [5, 5.41) is 3.51. The Hall–Kier alpha value is -0.970. The predicted octanol–water partition coefficient (Wildman–Crippen LogP) is 3.24. The Kier molecular flexibility index (Phi) is 5.91. The number of amides is 1. The van der Waals surface area contributed by atoms with Crippen molar-refractivity contribution < 1.29 is 4.79 Å². The fourth-order valence-corrected chi connectivity index (χ4v) is 2.02. The van der Waals surface area contributed by atoms with Gasteiger partial charge in [0.2, 0.25) is 5.91 Å². The van der Waals surface area contributed by atoms with Crippen LogP contribution in [0.4, 0.5) is 11.4 Å². The van der Waals surface area contributed by atoms with Crippen LogP contribution in [0.5, 0.6) is 0 Å². The van der Waals surface area contributed by atoms with Crippen LogP contribution < -0.4 is 11.1 Å². The van der Waals surface area contributed by atoms with Gasteiger partial charge in [0.05, 0.1) is 16.4 Å². The maximum absolute atomic E-state index is 11.8. The Labute approximate surface area is 123 Å². The number of nitrogen functional groups attached to an aromatic ring is 1. The number of nitrogens with zero attached hydrogens (tertiary/aromatic N) is 1. The number of carbonyl (C=O) groups excluding carboxylic acids is 1. The average Bonchev–Trinajstić information content (AvgIpc) is 2.30. The summed E-state index contributed by atoms with van der Waals surface area (Å²) in [5.41, 5.74) is 6.56. The zero-order valence-electron chi connectivity index (χ0n) is 11.3. The van der Waals surface area contributed by atoms with Gasteiger partial charge in [0.1, 0.15) is 0 Å². The summed E-state index contributed by atoms with van der Waals surface area (Å²) in [5.74, 6) is -0.122. The highest BCUT2D eigenvalue weighted by molar-refractivity contribution is 6.37. The van der Waals surface area contributed by atoms with Crippen LogP contribution in [0.25, 0.3) is 0 Å². The highest BCUT2D eigenvalue weighted by atomic mass is 35.5. The van der Waals surface area contributed by atoms with E-state index in [1.54, 1.807) is 12.1 Å². The molecular weight excluding hydrogens is 285 g/mol. The van der Waals surface area contributed by atoms with Crippen molar-refractivity contribution >= 4 is 40.5 Å². The molecule has 3 N–H and O–H groups in total. The van der Waals surface area contributed by atoms with E-state index in [0.717, 1.165) is 0 Å². The van der Waals surface area contributed by atoms with Gasteiger partial charge >= 0.3 is 0 Å². The summed E-state index contributed by atoms with van der Waals surface area (Å²) in [6.45, 7) is 4.83. The number of benzene rings is 1. The van der Waals surface area contributed by atoms with Crippen LogP contribution in [0.15, 0.2) is 12.1 Å². The lowest BCUT2D eigenvalue weighted by molar-refractivity contribution is -0.116. The third-order valence-corrected chi connectivity index (χ3v) is 3.44. The van der Waals surface area contributed by atoms with Crippen molar-refractivity contribution in [2.75, 3.05) is 24.6 Å². The molecular formula is C13H19Cl2N3O. The standard InChI is InChI=1S/C13H19Cl2N3O/c1-8(2)18(3)5-4-12(19)17-13-10(15)6-9(14)7-11(13)16/h6-8H,4-5,16H2,1-3H3,(H,17,19). The lowest BCUT2D eigenvalue weighted by Crippen LogP contribution is -2.30. The van der Waals surface area contributed by atoms with E-state index < -0.39 is 0 Å². The number of hydrogen-bond donors (Lipinski definition) is 2. The quantitative estimate of drug-likeness (QED) is 0.821. The van der Waals surface area contributed by atoms with E-state index >= 15 is 0 Å². The first-order valence-electron chi connectivity index (χ1n) is 6.06. The van der Waals surface area contributed by atoms with Crippen molar-refractivity contribution in [1.29, 1.82) is 0 Å². The van der Waals surface area contributed by atoms with Crippen LogP contribution in [0, 0.1) is 0 Å². The lowest BCUT2D eigenvalue weighted by Gasteiger charge is -2.20. The van der Waals surface area contributed by atoms with Crippen molar-refractivity contribution in [3.63, 3.8) is 0 Å². The fourth-order valence-electron chi connectivity index (χ4n) is 1.46. The van der Waals surface area contributed by atoms with E-state index in [0.29, 0.717) is 40.4 Å². The van der Waals surface area contributed by atoms with Gasteiger partial charge in [-0.3, -0.25) is 4.79 Å². The molecule has 1 amide bonds. The van der Waals surface area contributed by atoms with Crippen LogP contribution in [0.1, 0.15) is 20.3 Å². The molecule has 1 aromatic rings. The normalized spacial score (nSPS) is 11.1. The van der Waals surface area contributed by atoms with E-state index in [1.807, 2.05) is 7.05 Å². The van der Waals surface area contributed by atoms with E-state index in [4.69, 9.17) is 28.9 Å². The molecule has 0 atom stereocenters. The first-order chi connectivity index (χ1) is 8.81. The minimum Gasteiger partial charge on any atom is -0.397 e. The van der Waals surface area contributed by atoms with Gasteiger partial charge in [0, 0.05) is 24.0 Å². The second-order valence-electron chi connectivity index (χ2n) is 4.72. The number of nitrogens with one attached hydrogen (secondary N) is 1. The fraction of sp³-hybridized carbons (Fsp3) is 0.462. The molecule has 106 valence electrons. The Morgan fingerprint density at radius 3 is 2.58 bits per heavy atom. The first kappa shape index (κ1) is 16.1. The molecule has 0 bridgehead atoms. The summed E-state index contributed by atoms with van der Waals surface area (Å²) >= 11 is 11.8. The number of nitrogens with two attached hydrogens (primary N) is 1. The topological polar surface area (TPSA) is 58.4 Å². The van der Waals surface area contributed by atoms with E-state index in [9.17, 15) is 4.79 Å². The van der Waals surface area contributed by atoms with Gasteiger partial charge in [0.25, 0.3) is 0 Å². The van der Waals surface area contributed by atoms with Crippen LogP contribution >= 0.6 is 23.2 Å². The molecule has 6 heteroatoms. The average molecular weight is 304 g/mol. The maximum atomic E-state index is 11.8. The number of halogens is 2. The molecule has 0 heterocycles. The minimum atomic E-state index is -0.122. The summed E-state index contributed by atoms with van der Waals surface area (Å²) in [4.78, 5) is 13.9.